The molecule has 6 nitrogen and oxygen atoms in total. The molecule has 2 N–H and O–H groups in total. The highest BCUT2D eigenvalue weighted by Crippen LogP contribution is 2.28. The standard InChI is InChI=1S/C12H13ClN4O2/c13-8-1-2-9(10(14)7-8)11-15-12(16-19-11)17-3-5-18-6-4-17/h1-2,7H,3-6,14H2. The van der Waals surface area contributed by atoms with Crippen LogP contribution in [0.5, 0.6) is 0 Å². The van der Waals surface area contributed by atoms with Crippen LogP contribution in [0.2, 0.25) is 5.02 Å². The van der Waals surface area contributed by atoms with Gasteiger partial charge in [0, 0.05) is 23.8 Å². The van der Waals surface area contributed by atoms with Crippen molar-refractivity contribution in [1.82, 2.24) is 10.1 Å². The molecule has 2 heterocycles. The Bertz CT molecular complexity index is 581. The summed E-state index contributed by atoms with van der Waals surface area (Å²) in [6.45, 7) is 2.87. The van der Waals surface area contributed by atoms with Gasteiger partial charge >= 0.3 is 0 Å². The molecule has 100 valence electrons. The monoisotopic (exact) mass is 280 g/mol. The molecule has 1 aliphatic heterocycles. The highest BCUT2D eigenvalue weighted by atomic mass is 35.5. The molecule has 0 aliphatic carbocycles. The number of nitrogens with zero attached hydrogens (tertiary/aromatic N) is 3. The number of rotatable bonds is 2. The van der Waals surface area contributed by atoms with Crippen LogP contribution >= 0.6 is 11.6 Å². The van der Waals surface area contributed by atoms with Crippen molar-refractivity contribution >= 4 is 23.2 Å². The second-order valence-electron chi connectivity index (χ2n) is 4.23. The second-order valence-corrected chi connectivity index (χ2v) is 4.67. The number of morpholine rings is 1. The fourth-order valence-electron chi connectivity index (χ4n) is 1.95. The van der Waals surface area contributed by atoms with Crippen molar-refractivity contribution in [3.05, 3.63) is 23.2 Å². The Morgan fingerprint density at radius 1 is 1.26 bits per heavy atom. The van der Waals surface area contributed by atoms with Gasteiger partial charge in [-0.15, -0.1) is 0 Å². The van der Waals surface area contributed by atoms with Gasteiger partial charge in [-0.3, -0.25) is 0 Å². The quantitative estimate of drug-likeness (QED) is 0.846. The lowest BCUT2D eigenvalue weighted by molar-refractivity contribution is 0.121. The third-order valence-electron chi connectivity index (χ3n) is 2.95. The normalized spacial score (nSPS) is 15.7. The summed E-state index contributed by atoms with van der Waals surface area (Å²) in [4.78, 5) is 6.38. The summed E-state index contributed by atoms with van der Waals surface area (Å²) in [5.41, 5.74) is 7.10. The van der Waals surface area contributed by atoms with E-state index >= 15 is 0 Å². The van der Waals surface area contributed by atoms with Crippen LogP contribution in [0.1, 0.15) is 0 Å². The molecule has 1 aromatic heterocycles. The van der Waals surface area contributed by atoms with Gasteiger partial charge in [-0.05, 0) is 23.4 Å². The van der Waals surface area contributed by atoms with E-state index in [1.165, 1.54) is 0 Å². The van der Waals surface area contributed by atoms with Crippen LogP contribution in [-0.4, -0.2) is 36.4 Å². The lowest BCUT2D eigenvalue weighted by atomic mass is 10.2. The average molecular weight is 281 g/mol. The van der Waals surface area contributed by atoms with E-state index in [0.29, 0.717) is 41.3 Å². The number of hydrogen-bond acceptors (Lipinski definition) is 6. The maximum Gasteiger partial charge on any atom is 0.266 e. The molecule has 0 radical (unpaired) electrons. The first-order valence-corrected chi connectivity index (χ1v) is 6.33. The van der Waals surface area contributed by atoms with Crippen molar-refractivity contribution < 1.29 is 9.26 Å². The van der Waals surface area contributed by atoms with Crippen LogP contribution in [0.25, 0.3) is 11.5 Å². The van der Waals surface area contributed by atoms with Crippen molar-refractivity contribution in [2.24, 2.45) is 0 Å². The number of aromatic nitrogens is 2. The Morgan fingerprint density at radius 2 is 2.05 bits per heavy atom. The summed E-state index contributed by atoms with van der Waals surface area (Å²) in [6, 6.07) is 5.18. The first-order valence-electron chi connectivity index (χ1n) is 5.96. The Morgan fingerprint density at radius 3 is 2.79 bits per heavy atom. The molecule has 1 saturated heterocycles. The summed E-state index contributed by atoms with van der Waals surface area (Å²) in [5, 5.41) is 4.55. The summed E-state index contributed by atoms with van der Waals surface area (Å²) >= 11 is 5.86. The molecule has 19 heavy (non-hydrogen) atoms. The van der Waals surface area contributed by atoms with Crippen LogP contribution in [0, 0.1) is 0 Å². The smallest absolute Gasteiger partial charge is 0.266 e. The van der Waals surface area contributed by atoms with Gasteiger partial charge in [-0.25, -0.2) is 0 Å². The minimum absolute atomic E-state index is 0.399. The molecule has 0 saturated carbocycles. The number of nitrogens with two attached hydrogens (primary N) is 1. The molecule has 0 spiro atoms. The molecule has 3 rings (SSSR count). The van der Waals surface area contributed by atoms with Gasteiger partial charge < -0.3 is 19.9 Å². The zero-order chi connectivity index (χ0) is 13.2. The SMILES string of the molecule is Nc1cc(Cl)ccc1-c1nc(N2CCOCC2)no1. The zero-order valence-corrected chi connectivity index (χ0v) is 10.9. The largest absolute Gasteiger partial charge is 0.398 e. The Balaban J connectivity index is 1.87. The van der Waals surface area contributed by atoms with Crippen LogP contribution in [0.4, 0.5) is 11.6 Å². The van der Waals surface area contributed by atoms with Gasteiger partial charge in [-0.1, -0.05) is 11.6 Å². The van der Waals surface area contributed by atoms with E-state index in [2.05, 4.69) is 10.1 Å². The van der Waals surface area contributed by atoms with Gasteiger partial charge in [0.1, 0.15) is 0 Å². The molecular formula is C12H13ClN4O2. The zero-order valence-electron chi connectivity index (χ0n) is 10.2. The lowest BCUT2D eigenvalue weighted by Crippen LogP contribution is -2.36. The number of benzene rings is 1. The summed E-state index contributed by atoms with van der Waals surface area (Å²) in [6.07, 6.45) is 0. The summed E-state index contributed by atoms with van der Waals surface area (Å²) < 4.78 is 10.5. The average Bonchev–Trinajstić information content (AvgIpc) is 2.89. The van der Waals surface area contributed by atoms with Gasteiger partial charge in [0.15, 0.2) is 0 Å². The van der Waals surface area contributed by atoms with Crippen molar-refractivity contribution in [2.75, 3.05) is 36.9 Å². The number of nitrogen functional groups attached to an aromatic ring is 1. The first kappa shape index (κ1) is 12.3. The molecule has 7 heteroatoms. The van der Waals surface area contributed by atoms with E-state index < -0.39 is 0 Å². The molecule has 0 unspecified atom stereocenters. The Kier molecular flexibility index (Phi) is 3.27. The predicted molar refractivity (Wildman–Crippen MR) is 72.2 cm³/mol. The first-order chi connectivity index (χ1) is 9.24. The molecule has 0 amide bonds. The van der Waals surface area contributed by atoms with Crippen LogP contribution in [0.3, 0.4) is 0 Å². The molecule has 1 aliphatic rings. The van der Waals surface area contributed by atoms with E-state index in [9.17, 15) is 0 Å². The van der Waals surface area contributed by atoms with E-state index in [1.807, 2.05) is 4.90 Å². The predicted octanol–water partition coefficient (Wildman–Crippen LogP) is 1.81. The third-order valence-corrected chi connectivity index (χ3v) is 3.19. The van der Waals surface area contributed by atoms with Crippen LogP contribution in [0.15, 0.2) is 22.7 Å². The van der Waals surface area contributed by atoms with Crippen LogP contribution in [-0.2, 0) is 4.74 Å². The molecule has 1 aromatic carbocycles. The van der Waals surface area contributed by atoms with Crippen molar-refractivity contribution in [1.29, 1.82) is 0 Å². The molecule has 0 atom stereocenters. The maximum absolute atomic E-state index is 5.90. The van der Waals surface area contributed by atoms with E-state index in [1.54, 1.807) is 18.2 Å². The molecule has 1 fully saturated rings. The number of halogens is 1. The lowest BCUT2D eigenvalue weighted by Gasteiger charge is -2.24. The number of ether oxygens (including phenoxy) is 1. The van der Waals surface area contributed by atoms with E-state index in [4.69, 9.17) is 26.6 Å². The number of anilines is 2. The highest BCUT2D eigenvalue weighted by Gasteiger charge is 2.18. The van der Waals surface area contributed by atoms with Crippen LogP contribution < -0.4 is 10.6 Å². The summed E-state index contributed by atoms with van der Waals surface area (Å²) in [7, 11) is 0. The third kappa shape index (κ3) is 2.50. The molecule has 2 aromatic rings. The Hall–Kier alpha value is -1.79. The van der Waals surface area contributed by atoms with E-state index in [0.717, 1.165) is 13.1 Å². The van der Waals surface area contributed by atoms with Crippen molar-refractivity contribution in [3.8, 4) is 11.5 Å². The van der Waals surface area contributed by atoms with Gasteiger partial charge in [0.2, 0.25) is 0 Å². The minimum Gasteiger partial charge on any atom is -0.398 e. The van der Waals surface area contributed by atoms with Gasteiger partial charge in [0.25, 0.3) is 11.8 Å². The Labute approximate surface area is 115 Å². The molecule has 0 bridgehead atoms. The fourth-order valence-corrected chi connectivity index (χ4v) is 2.13. The minimum atomic E-state index is 0.399. The second kappa shape index (κ2) is 5.07. The van der Waals surface area contributed by atoms with E-state index in [-0.39, 0.29) is 0 Å². The van der Waals surface area contributed by atoms with Crippen molar-refractivity contribution in [3.63, 3.8) is 0 Å². The maximum atomic E-state index is 5.90. The topological polar surface area (TPSA) is 77.4 Å². The van der Waals surface area contributed by atoms with Gasteiger partial charge in [0.05, 0.1) is 18.8 Å². The van der Waals surface area contributed by atoms with Crippen molar-refractivity contribution in [2.45, 2.75) is 0 Å². The molecular weight excluding hydrogens is 268 g/mol. The summed E-state index contributed by atoms with van der Waals surface area (Å²) in [5.74, 6) is 0.961. The number of hydrogen-bond donors (Lipinski definition) is 1. The highest BCUT2D eigenvalue weighted by molar-refractivity contribution is 6.31. The fraction of sp³-hybridized carbons (Fsp3) is 0.333. The van der Waals surface area contributed by atoms with Gasteiger partial charge in [-0.2, -0.15) is 4.98 Å².